The lowest BCUT2D eigenvalue weighted by Gasteiger charge is -2.10. The van der Waals surface area contributed by atoms with E-state index in [1.807, 2.05) is 24.3 Å². The molecule has 0 saturated carbocycles. The van der Waals surface area contributed by atoms with E-state index < -0.39 is 12.0 Å². The number of rotatable bonds is 2. The Morgan fingerprint density at radius 2 is 2.13 bits per heavy atom. The van der Waals surface area contributed by atoms with Crippen molar-refractivity contribution in [1.82, 2.24) is 5.32 Å². The van der Waals surface area contributed by atoms with Gasteiger partial charge in [-0.05, 0) is 17.7 Å². The number of carboxylic acid groups (broad SMARTS) is 1. The monoisotopic (exact) mass is 243 g/mol. The number of carbonyl (C=O) groups is 1. The van der Waals surface area contributed by atoms with Crippen molar-refractivity contribution in [2.75, 3.05) is 5.75 Å². The summed E-state index contributed by atoms with van der Waals surface area (Å²) in [6.07, 6.45) is 0. The molecule has 0 aromatic heterocycles. The maximum atomic E-state index is 10.7. The molecule has 0 aliphatic carbocycles. The van der Waals surface area contributed by atoms with E-state index in [9.17, 15) is 4.79 Å². The molecule has 1 aromatic carbocycles. The fourth-order valence-corrected chi connectivity index (χ4v) is 2.80. The number of halogens is 1. The van der Waals surface area contributed by atoms with Crippen LogP contribution in [-0.4, -0.2) is 22.9 Å². The van der Waals surface area contributed by atoms with Gasteiger partial charge >= 0.3 is 5.97 Å². The van der Waals surface area contributed by atoms with E-state index >= 15 is 0 Å². The van der Waals surface area contributed by atoms with E-state index in [1.54, 1.807) is 11.8 Å². The number of carboxylic acids is 1. The summed E-state index contributed by atoms with van der Waals surface area (Å²) >= 11 is 7.38. The SMILES string of the molecule is O=C(O)[C@H]1CSC(c2ccc(Cl)cc2)N1. The van der Waals surface area contributed by atoms with Crippen LogP contribution in [0.5, 0.6) is 0 Å². The average molecular weight is 244 g/mol. The van der Waals surface area contributed by atoms with Crippen molar-refractivity contribution in [1.29, 1.82) is 0 Å². The lowest BCUT2D eigenvalue weighted by atomic mass is 10.2. The number of thioether (sulfide) groups is 1. The first-order valence-corrected chi connectivity index (χ1v) is 5.95. The summed E-state index contributed by atoms with van der Waals surface area (Å²) < 4.78 is 0. The number of hydrogen-bond acceptors (Lipinski definition) is 3. The third-order valence-corrected chi connectivity index (χ3v) is 3.77. The first-order chi connectivity index (χ1) is 7.16. The Bertz CT molecular complexity index is 368. The lowest BCUT2D eigenvalue weighted by Crippen LogP contribution is -2.33. The average Bonchev–Trinajstić information content (AvgIpc) is 2.68. The van der Waals surface area contributed by atoms with Crippen LogP contribution < -0.4 is 5.32 Å². The fraction of sp³-hybridized carbons (Fsp3) is 0.300. The second kappa shape index (κ2) is 4.43. The van der Waals surface area contributed by atoms with Crippen molar-refractivity contribution in [3.05, 3.63) is 34.9 Å². The topological polar surface area (TPSA) is 49.3 Å². The second-order valence-electron chi connectivity index (χ2n) is 3.32. The second-order valence-corrected chi connectivity index (χ2v) is 4.90. The first-order valence-electron chi connectivity index (χ1n) is 4.53. The van der Waals surface area contributed by atoms with E-state index in [4.69, 9.17) is 16.7 Å². The third-order valence-electron chi connectivity index (χ3n) is 2.25. The number of hydrogen-bond donors (Lipinski definition) is 2. The smallest absolute Gasteiger partial charge is 0.321 e. The Balaban J connectivity index is 2.07. The summed E-state index contributed by atoms with van der Waals surface area (Å²) in [5, 5.41) is 12.6. The zero-order chi connectivity index (χ0) is 10.8. The molecule has 1 aliphatic rings. The van der Waals surface area contributed by atoms with Gasteiger partial charge in [0, 0.05) is 10.8 Å². The third kappa shape index (κ3) is 2.45. The van der Waals surface area contributed by atoms with Crippen LogP contribution in [0.1, 0.15) is 10.9 Å². The molecule has 80 valence electrons. The van der Waals surface area contributed by atoms with Gasteiger partial charge in [0.2, 0.25) is 0 Å². The maximum Gasteiger partial charge on any atom is 0.321 e. The molecule has 1 heterocycles. The van der Waals surface area contributed by atoms with Crippen LogP contribution in [0.15, 0.2) is 24.3 Å². The van der Waals surface area contributed by atoms with Crippen LogP contribution >= 0.6 is 23.4 Å². The predicted molar refractivity (Wildman–Crippen MR) is 61.2 cm³/mol. The van der Waals surface area contributed by atoms with E-state index in [0.717, 1.165) is 5.56 Å². The van der Waals surface area contributed by atoms with E-state index in [-0.39, 0.29) is 5.37 Å². The molecule has 15 heavy (non-hydrogen) atoms. The molecule has 1 aromatic rings. The Labute approximate surface area is 96.8 Å². The molecule has 3 nitrogen and oxygen atoms in total. The minimum atomic E-state index is -0.793. The minimum Gasteiger partial charge on any atom is -0.480 e. The quantitative estimate of drug-likeness (QED) is 0.836. The van der Waals surface area contributed by atoms with Crippen LogP contribution in [0, 0.1) is 0 Å². The van der Waals surface area contributed by atoms with Gasteiger partial charge < -0.3 is 5.11 Å². The normalized spacial score (nSPS) is 25.4. The van der Waals surface area contributed by atoms with Gasteiger partial charge in [-0.1, -0.05) is 23.7 Å². The zero-order valence-electron chi connectivity index (χ0n) is 7.81. The largest absolute Gasteiger partial charge is 0.480 e. The van der Waals surface area contributed by atoms with Crippen LogP contribution in [0.3, 0.4) is 0 Å². The van der Waals surface area contributed by atoms with Crippen LogP contribution in [0.2, 0.25) is 5.02 Å². The van der Waals surface area contributed by atoms with E-state index in [0.29, 0.717) is 10.8 Å². The van der Waals surface area contributed by atoms with Gasteiger partial charge in [-0.2, -0.15) is 0 Å². The summed E-state index contributed by atoms with van der Waals surface area (Å²) in [5.41, 5.74) is 1.06. The molecule has 0 bridgehead atoms. The zero-order valence-corrected chi connectivity index (χ0v) is 9.39. The maximum absolute atomic E-state index is 10.7. The highest BCUT2D eigenvalue weighted by Gasteiger charge is 2.29. The van der Waals surface area contributed by atoms with Crippen molar-refractivity contribution >= 4 is 29.3 Å². The Morgan fingerprint density at radius 3 is 2.67 bits per heavy atom. The van der Waals surface area contributed by atoms with Gasteiger partial charge in [-0.15, -0.1) is 11.8 Å². The van der Waals surface area contributed by atoms with Gasteiger partial charge in [0.05, 0.1) is 5.37 Å². The number of nitrogens with one attached hydrogen (secondary N) is 1. The molecule has 1 aliphatic heterocycles. The number of benzene rings is 1. The summed E-state index contributed by atoms with van der Waals surface area (Å²) in [4.78, 5) is 10.7. The Kier molecular flexibility index (Phi) is 3.19. The van der Waals surface area contributed by atoms with Crippen LogP contribution in [0.4, 0.5) is 0 Å². The summed E-state index contributed by atoms with van der Waals surface area (Å²) in [6, 6.07) is 7.00. The number of aliphatic carboxylic acids is 1. The molecular formula is C10H10ClNO2S. The van der Waals surface area contributed by atoms with Gasteiger partial charge in [0.15, 0.2) is 0 Å². The van der Waals surface area contributed by atoms with Crippen molar-refractivity contribution in [3.63, 3.8) is 0 Å². The van der Waals surface area contributed by atoms with E-state index in [2.05, 4.69) is 5.32 Å². The minimum absolute atomic E-state index is 0.0587. The highest BCUT2D eigenvalue weighted by molar-refractivity contribution is 7.99. The van der Waals surface area contributed by atoms with Gasteiger partial charge in [-0.25, -0.2) is 0 Å². The molecule has 1 unspecified atom stereocenters. The molecule has 1 fully saturated rings. The molecule has 5 heteroatoms. The molecule has 2 rings (SSSR count). The van der Waals surface area contributed by atoms with Crippen molar-refractivity contribution < 1.29 is 9.90 Å². The molecule has 0 radical (unpaired) electrons. The molecule has 2 N–H and O–H groups in total. The summed E-state index contributed by atoms with van der Waals surface area (Å²) in [7, 11) is 0. The first kappa shape index (κ1) is 10.8. The lowest BCUT2D eigenvalue weighted by molar-refractivity contribution is -0.138. The molecule has 1 saturated heterocycles. The molecular weight excluding hydrogens is 234 g/mol. The fourth-order valence-electron chi connectivity index (χ4n) is 1.44. The van der Waals surface area contributed by atoms with Crippen molar-refractivity contribution in [2.45, 2.75) is 11.4 Å². The van der Waals surface area contributed by atoms with Crippen molar-refractivity contribution in [3.8, 4) is 0 Å². The molecule has 0 spiro atoms. The van der Waals surface area contributed by atoms with Crippen LogP contribution in [0.25, 0.3) is 0 Å². The standard InChI is InChI=1S/C10H10ClNO2S/c11-7-3-1-6(2-4-7)9-12-8(5-15-9)10(13)14/h1-4,8-9,12H,5H2,(H,13,14)/t8-,9?/m1/s1. The Hall–Kier alpha value is -0.710. The molecule has 2 atom stereocenters. The van der Waals surface area contributed by atoms with Gasteiger partial charge in [-0.3, -0.25) is 10.1 Å². The molecule has 0 amide bonds. The summed E-state index contributed by atoms with van der Waals surface area (Å²) in [5.74, 6) is -0.193. The summed E-state index contributed by atoms with van der Waals surface area (Å²) in [6.45, 7) is 0. The van der Waals surface area contributed by atoms with Crippen LogP contribution in [-0.2, 0) is 4.79 Å². The van der Waals surface area contributed by atoms with E-state index in [1.165, 1.54) is 0 Å². The van der Waals surface area contributed by atoms with Crippen molar-refractivity contribution in [2.24, 2.45) is 0 Å². The van der Waals surface area contributed by atoms with Gasteiger partial charge in [0.1, 0.15) is 6.04 Å². The Morgan fingerprint density at radius 1 is 1.47 bits per heavy atom. The highest BCUT2D eigenvalue weighted by Crippen LogP contribution is 2.33. The van der Waals surface area contributed by atoms with Gasteiger partial charge in [0.25, 0.3) is 0 Å². The highest BCUT2D eigenvalue weighted by atomic mass is 35.5. The predicted octanol–water partition coefficient (Wildman–Crippen LogP) is 2.13.